The van der Waals surface area contributed by atoms with Gasteiger partial charge in [0.1, 0.15) is 0 Å². The van der Waals surface area contributed by atoms with E-state index in [4.69, 9.17) is 0 Å². The average molecular weight is 229 g/mol. The summed E-state index contributed by atoms with van der Waals surface area (Å²) < 4.78 is 0. The van der Waals surface area contributed by atoms with E-state index in [2.05, 4.69) is 31.0 Å². The molecule has 0 amide bonds. The van der Waals surface area contributed by atoms with Crippen molar-refractivity contribution in [1.29, 1.82) is 0 Å². The number of ketones is 1. The molecule has 0 saturated carbocycles. The van der Waals surface area contributed by atoms with Crippen LogP contribution in [0.3, 0.4) is 0 Å². The molecular formula is C15H19NO. The smallest absolute Gasteiger partial charge is 0.163 e. The minimum absolute atomic E-state index is 0.353. The second-order valence-corrected chi connectivity index (χ2v) is 5.64. The maximum Gasteiger partial charge on any atom is 0.163 e. The van der Waals surface area contributed by atoms with Gasteiger partial charge in [-0.1, -0.05) is 23.8 Å². The van der Waals surface area contributed by atoms with Crippen molar-refractivity contribution in [2.24, 2.45) is 5.92 Å². The van der Waals surface area contributed by atoms with Crippen LogP contribution in [-0.4, -0.2) is 30.8 Å². The monoisotopic (exact) mass is 229 g/mol. The number of carbonyl (C=O) groups excluding carboxylic acids is 1. The second kappa shape index (κ2) is 3.95. The molecular weight excluding hydrogens is 210 g/mol. The van der Waals surface area contributed by atoms with Crippen LogP contribution in [0, 0.1) is 12.8 Å². The molecule has 0 spiro atoms. The summed E-state index contributed by atoms with van der Waals surface area (Å²) in [6.45, 7) is 4.35. The first kappa shape index (κ1) is 11.0. The zero-order valence-electron chi connectivity index (χ0n) is 10.6. The first-order valence-corrected chi connectivity index (χ1v) is 6.47. The van der Waals surface area contributed by atoms with Crippen LogP contribution in [0.1, 0.15) is 40.2 Å². The molecule has 2 nitrogen and oxygen atoms in total. The lowest BCUT2D eigenvalue weighted by Gasteiger charge is -2.40. The van der Waals surface area contributed by atoms with Crippen LogP contribution >= 0.6 is 0 Å². The van der Waals surface area contributed by atoms with E-state index in [1.165, 1.54) is 17.5 Å². The van der Waals surface area contributed by atoms with Crippen molar-refractivity contribution in [1.82, 2.24) is 4.90 Å². The fraction of sp³-hybridized carbons (Fsp3) is 0.533. The van der Waals surface area contributed by atoms with Crippen molar-refractivity contribution in [2.45, 2.75) is 25.7 Å². The van der Waals surface area contributed by atoms with Gasteiger partial charge in [0.2, 0.25) is 0 Å². The number of hydrogen-bond donors (Lipinski definition) is 0. The number of piperidine rings is 1. The van der Waals surface area contributed by atoms with E-state index in [9.17, 15) is 4.79 Å². The van der Waals surface area contributed by atoms with Crippen LogP contribution in [0.15, 0.2) is 18.2 Å². The van der Waals surface area contributed by atoms with Crippen molar-refractivity contribution < 1.29 is 4.79 Å². The highest BCUT2D eigenvalue weighted by atomic mass is 16.1. The molecule has 1 fully saturated rings. The normalized spacial score (nSPS) is 28.7. The van der Waals surface area contributed by atoms with Crippen molar-refractivity contribution in [3.8, 4) is 0 Å². The van der Waals surface area contributed by atoms with Crippen molar-refractivity contribution in [3.05, 3.63) is 34.9 Å². The maximum atomic E-state index is 12.1. The van der Waals surface area contributed by atoms with Gasteiger partial charge >= 0.3 is 0 Å². The summed E-state index contributed by atoms with van der Waals surface area (Å²) in [6.07, 6.45) is 1.93. The molecule has 3 rings (SSSR count). The Bertz CT molecular complexity index is 466. The fourth-order valence-electron chi connectivity index (χ4n) is 3.35. The summed E-state index contributed by atoms with van der Waals surface area (Å²) in [6, 6.07) is 6.31. The number of rotatable bonds is 0. The topological polar surface area (TPSA) is 20.3 Å². The lowest BCUT2D eigenvalue weighted by molar-refractivity contribution is 0.0887. The highest BCUT2D eigenvalue weighted by molar-refractivity contribution is 5.99. The van der Waals surface area contributed by atoms with Gasteiger partial charge in [-0.15, -0.1) is 0 Å². The van der Waals surface area contributed by atoms with Crippen LogP contribution in [-0.2, 0) is 0 Å². The number of benzene rings is 1. The van der Waals surface area contributed by atoms with E-state index in [0.29, 0.717) is 17.6 Å². The van der Waals surface area contributed by atoms with Crippen LogP contribution < -0.4 is 0 Å². The summed E-state index contributed by atoms with van der Waals surface area (Å²) in [4.78, 5) is 14.5. The minimum Gasteiger partial charge on any atom is -0.306 e. The Balaban J connectivity index is 2.06. The zero-order chi connectivity index (χ0) is 12.0. The number of aryl methyl sites for hydroxylation is 1. The van der Waals surface area contributed by atoms with Gasteiger partial charge in [-0.2, -0.15) is 0 Å². The number of Topliss-reactive ketones (excluding diaryl/α,β-unsaturated/α-hetero) is 1. The predicted molar refractivity (Wildman–Crippen MR) is 68.5 cm³/mol. The quantitative estimate of drug-likeness (QED) is 0.681. The van der Waals surface area contributed by atoms with Gasteiger partial charge in [0.25, 0.3) is 0 Å². The van der Waals surface area contributed by atoms with Crippen LogP contribution in [0.2, 0.25) is 0 Å². The molecule has 0 aromatic heterocycles. The summed E-state index contributed by atoms with van der Waals surface area (Å²) in [5.74, 6) is 1.50. The summed E-state index contributed by atoms with van der Waals surface area (Å²) in [7, 11) is 2.18. The van der Waals surface area contributed by atoms with Gasteiger partial charge < -0.3 is 4.90 Å². The number of likely N-dealkylation sites (tertiary alicyclic amines) is 1. The van der Waals surface area contributed by atoms with E-state index in [1.807, 2.05) is 6.07 Å². The Morgan fingerprint density at radius 1 is 1.35 bits per heavy atom. The molecule has 0 unspecified atom stereocenters. The Hall–Kier alpha value is -1.15. The van der Waals surface area contributed by atoms with Crippen molar-refractivity contribution in [3.63, 3.8) is 0 Å². The van der Waals surface area contributed by atoms with Crippen LogP contribution in [0.25, 0.3) is 0 Å². The predicted octanol–water partition coefficient (Wildman–Crippen LogP) is 2.62. The number of likely N-dealkylation sites (N-methyl/N-ethyl adjacent to an activating group) is 1. The Morgan fingerprint density at radius 3 is 3.00 bits per heavy atom. The maximum absolute atomic E-state index is 12.1. The molecule has 1 saturated heterocycles. The Morgan fingerprint density at radius 2 is 2.18 bits per heavy atom. The van der Waals surface area contributed by atoms with Gasteiger partial charge in [0.05, 0.1) is 0 Å². The lowest BCUT2D eigenvalue weighted by atomic mass is 9.71. The second-order valence-electron chi connectivity index (χ2n) is 5.64. The lowest BCUT2D eigenvalue weighted by Crippen LogP contribution is -2.40. The number of carbonyl (C=O) groups is 1. The number of nitrogens with zero attached hydrogens (tertiary/aromatic N) is 1. The van der Waals surface area contributed by atoms with Gasteiger partial charge in [0, 0.05) is 24.4 Å². The van der Waals surface area contributed by atoms with Crippen LogP contribution in [0.5, 0.6) is 0 Å². The third-order valence-corrected chi connectivity index (χ3v) is 4.31. The molecule has 2 heteroatoms. The molecule has 1 aromatic carbocycles. The van der Waals surface area contributed by atoms with Crippen molar-refractivity contribution >= 4 is 5.78 Å². The molecule has 17 heavy (non-hydrogen) atoms. The standard InChI is InChI=1S/C15H19NO/c1-10-3-4-12-13(7-10)14-9-16(2)6-5-11(14)8-15(12)17/h3-4,7,11,14H,5-6,8-9H2,1-2H3/t11-,14+/m0/s1. The number of hydrogen-bond acceptors (Lipinski definition) is 2. The van der Waals surface area contributed by atoms with Gasteiger partial charge in [-0.05, 0) is 38.4 Å². The molecule has 0 N–H and O–H groups in total. The molecule has 1 aliphatic heterocycles. The molecule has 0 bridgehead atoms. The Kier molecular flexibility index (Phi) is 2.55. The largest absolute Gasteiger partial charge is 0.306 e. The van der Waals surface area contributed by atoms with Crippen molar-refractivity contribution in [2.75, 3.05) is 20.1 Å². The third kappa shape index (κ3) is 1.81. The highest BCUT2D eigenvalue weighted by Gasteiger charge is 2.36. The fourth-order valence-corrected chi connectivity index (χ4v) is 3.35. The average Bonchev–Trinajstić information content (AvgIpc) is 2.30. The molecule has 90 valence electrons. The Labute approximate surface area is 103 Å². The van der Waals surface area contributed by atoms with E-state index in [1.54, 1.807) is 0 Å². The summed E-state index contributed by atoms with van der Waals surface area (Å²) >= 11 is 0. The number of fused-ring (bicyclic) bond motifs is 3. The highest BCUT2D eigenvalue weighted by Crippen LogP contribution is 2.41. The third-order valence-electron chi connectivity index (χ3n) is 4.31. The van der Waals surface area contributed by atoms with E-state index >= 15 is 0 Å². The van der Waals surface area contributed by atoms with Crippen LogP contribution in [0.4, 0.5) is 0 Å². The van der Waals surface area contributed by atoms with Gasteiger partial charge in [0.15, 0.2) is 5.78 Å². The minimum atomic E-state index is 0.353. The zero-order valence-corrected chi connectivity index (χ0v) is 10.6. The van der Waals surface area contributed by atoms with E-state index < -0.39 is 0 Å². The van der Waals surface area contributed by atoms with E-state index in [-0.39, 0.29) is 0 Å². The molecule has 1 aliphatic carbocycles. The molecule has 2 atom stereocenters. The molecule has 1 heterocycles. The first-order chi connectivity index (χ1) is 8.15. The molecule has 0 radical (unpaired) electrons. The summed E-state index contributed by atoms with van der Waals surface area (Å²) in [5.41, 5.74) is 3.55. The van der Waals surface area contributed by atoms with Gasteiger partial charge in [-0.3, -0.25) is 4.79 Å². The van der Waals surface area contributed by atoms with Gasteiger partial charge in [-0.25, -0.2) is 0 Å². The van der Waals surface area contributed by atoms with E-state index in [0.717, 1.165) is 25.1 Å². The summed E-state index contributed by atoms with van der Waals surface area (Å²) in [5, 5.41) is 0. The first-order valence-electron chi connectivity index (χ1n) is 6.47. The molecule has 1 aromatic rings. The molecule has 2 aliphatic rings. The SMILES string of the molecule is Cc1ccc2c(c1)[C@@H]1CN(C)CC[C@H]1CC2=O.